The lowest BCUT2D eigenvalue weighted by Crippen LogP contribution is -2.22. The van der Waals surface area contributed by atoms with Gasteiger partial charge in [-0.05, 0) is 55.3 Å². The number of nitrogens with one attached hydrogen (secondary N) is 2. The first-order valence-corrected chi connectivity index (χ1v) is 8.19. The minimum absolute atomic E-state index is 0.271. The molecule has 0 saturated carbocycles. The number of carbonyl (C=O) groups excluding carboxylic acids is 2. The fourth-order valence-corrected chi connectivity index (χ4v) is 2.70. The van der Waals surface area contributed by atoms with Crippen molar-refractivity contribution in [3.05, 3.63) is 52.0 Å². The highest BCUT2D eigenvalue weighted by Crippen LogP contribution is 2.25. The smallest absolute Gasteiger partial charge is 0.233 e. The molecular weight excluding hydrogens is 372 g/mol. The van der Waals surface area contributed by atoms with Crippen molar-refractivity contribution in [2.24, 2.45) is 0 Å². The molecule has 0 saturated heterocycles. The lowest BCUT2D eigenvalue weighted by molar-refractivity contribution is -0.123. The molecule has 0 aromatic heterocycles. The van der Waals surface area contributed by atoms with Crippen molar-refractivity contribution in [1.29, 1.82) is 0 Å². The van der Waals surface area contributed by atoms with E-state index in [-0.39, 0.29) is 12.3 Å². The van der Waals surface area contributed by atoms with E-state index in [4.69, 9.17) is 4.74 Å². The second-order valence-corrected chi connectivity index (χ2v) is 6.35. The summed E-state index contributed by atoms with van der Waals surface area (Å²) >= 11 is 3.37. The second-order valence-electron chi connectivity index (χ2n) is 5.44. The van der Waals surface area contributed by atoms with Crippen molar-refractivity contribution in [2.75, 3.05) is 17.7 Å². The van der Waals surface area contributed by atoms with Crippen LogP contribution in [0.15, 0.2) is 40.9 Å². The number of benzene rings is 2. The predicted octanol–water partition coefficient (Wildman–Crippen LogP) is 4.04. The van der Waals surface area contributed by atoms with Crippen LogP contribution in [0.5, 0.6) is 5.75 Å². The molecule has 5 nitrogen and oxygen atoms in total. The number of methoxy groups -OCH3 is 1. The first-order chi connectivity index (χ1) is 11.4. The molecule has 2 N–H and O–H groups in total. The molecule has 0 bridgehead atoms. The van der Waals surface area contributed by atoms with Crippen molar-refractivity contribution in [3.8, 4) is 5.75 Å². The average Bonchev–Trinajstić information content (AvgIpc) is 2.50. The van der Waals surface area contributed by atoms with Gasteiger partial charge < -0.3 is 15.4 Å². The molecular formula is C18H19BrN2O3. The second kappa shape index (κ2) is 7.97. The molecule has 0 atom stereocenters. The summed E-state index contributed by atoms with van der Waals surface area (Å²) < 4.78 is 6.14. The Morgan fingerprint density at radius 1 is 1.00 bits per heavy atom. The van der Waals surface area contributed by atoms with E-state index < -0.39 is 5.91 Å². The van der Waals surface area contributed by atoms with E-state index in [9.17, 15) is 9.59 Å². The zero-order valence-electron chi connectivity index (χ0n) is 13.8. The summed E-state index contributed by atoms with van der Waals surface area (Å²) in [7, 11) is 1.53. The van der Waals surface area contributed by atoms with Gasteiger partial charge in [-0.25, -0.2) is 0 Å². The van der Waals surface area contributed by atoms with Gasteiger partial charge in [0.15, 0.2) is 0 Å². The van der Waals surface area contributed by atoms with Crippen LogP contribution in [0.25, 0.3) is 0 Å². The van der Waals surface area contributed by atoms with E-state index in [1.54, 1.807) is 18.2 Å². The summed E-state index contributed by atoms with van der Waals surface area (Å²) in [4.78, 5) is 24.2. The quantitative estimate of drug-likeness (QED) is 0.756. The number of aryl methyl sites for hydroxylation is 2. The van der Waals surface area contributed by atoms with E-state index in [1.165, 1.54) is 7.11 Å². The van der Waals surface area contributed by atoms with Crippen LogP contribution in [0.4, 0.5) is 11.4 Å². The molecule has 2 rings (SSSR count). The molecule has 0 aliphatic heterocycles. The predicted molar refractivity (Wildman–Crippen MR) is 98.5 cm³/mol. The van der Waals surface area contributed by atoms with Crippen LogP contribution < -0.4 is 15.4 Å². The molecule has 0 aliphatic rings. The number of hydrogen-bond donors (Lipinski definition) is 2. The minimum Gasteiger partial charge on any atom is -0.495 e. The van der Waals surface area contributed by atoms with E-state index in [0.717, 1.165) is 15.6 Å². The Morgan fingerprint density at radius 2 is 1.67 bits per heavy atom. The highest BCUT2D eigenvalue weighted by molar-refractivity contribution is 9.10. The van der Waals surface area contributed by atoms with Crippen LogP contribution in [0, 0.1) is 13.8 Å². The maximum atomic E-state index is 12.1. The molecule has 0 radical (unpaired) electrons. The minimum atomic E-state index is -0.397. The van der Waals surface area contributed by atoms with Gasteiger partial charge in [-0.2, -0.15) is 0 Å². The number of anilines is 2. The normalized spacial score (nSPS) is 10.2. The summed E-state index contributed by atoms with van der Waals surface area (Å²) in [6.45, 7) is 3.80. The van der Waals surface area contributed by atoms with Gasteiger partial charge >= 0.3 is 0 Å². The van der Waals surface area contributed by atoms with Crippen molar-refractivity contribution in [1.82, 2.24) is 0 Å². The fourth-order valence-electron chi connectivity index (χ4n) is 2.22. The van der Waals surface area contributed by atoms with Crippen LogP contribution in [-0.4, -0.2) is 18.9 Å². The van der Waals surface area contributed by atoms with Gasteiger partial charge in [0, 0.05) is 10.2 Å². The van der Waals surface area contributed by atoms with E-state index in [1.807, 2.05) is 32.0 Å². The number of rotatable bonds is 5. The molecule has 6 heteroatoms. The number of carbonyl (C=O) groups is 2. The highest BCUT2D eigenvalue weighted by atomic mass is 79.9. The SMILES string of the molecule is COc1ccc(C)cc1NC(=O)CC(=O)Nc1ccc(Br)cc1C. The molecule has 2 aromatic rings. The number of amides is 2. The molecule has 0 spiro atoms. The van der Waals surface area contributed by atoms with Gasteiger partial charge in [-0.15, -0.1) is 0 Å². The molecule has 24 heavy (non-hydrogen) atoms. The molecule has 0 heterocycles. The van der Waals surface area contributed by atoms with Crippen molar-refractivity contribution in [3.63, 3.8) is 0 Å². The molecule has 126 valence electrons. The maximum Gasteiger partial charge on any atom is 0.233 e. The third kappa shape index (κ3) is 4.83. The van der Waals surface area contributed by atoms with Gasteiger partial charge in [0.1, 0.15) is 12.2 Å². The fraction of sp³-hybridized carbons (Fsp3) is 0.222. The van der Waals surface area contributed by atoms with Crippen molar-refractivity contribution < 1.29 is 14.3 Å². The Kier molecular flexibility index (Phi) is 5.98. The maximum absolute atomic E-state index is 12.1. The molecule has 2 aromatic carbocycles. The molecule has 0 unspecified atom stereocenters. The first-order valence-electron chi connectivity index (χ1n) is 7.39. The Balaban J connectivity index is 1.99. The van der Waals surface area contributed by atoms with Crippen LogP contribution in [-0.2, 0) is 9.59 Å². The summed E-state index contributed by atoms with van der Waals surface area (Å²) in [6.07, 6.45) is -0.271. The standard InChI is InChI=1S/C18H19BrN2O3/c1-11-4-7-16(24-3)15(8-11)21-18(23)10-17(22)20-14-6-5-13(19)9-12(14)2/h4-9H,10H2,1-3H3,(H,20,22)(H,21,23). The Hall–Kier alpha value is -2.34. The lowest BCUT2D eigenvalue weighted by atomic mass is 10.2. The van der Waals surface area contributed by atoms with Crippen LogP contribution in [0.3, 0.4) is 0 Å². The number of hydrogen-bond acceptors (Lipinski definition) is 3. The number of ether oxygens (including phenoxy) is 1. The lowest BCUT2D eigenvalue weighted by Gasteiger charge is -2.12. The third-order valence-corrected chi connectivity index (χ3v) is 3.91. The van der Waals surface area contributed by atoms with Crippen molar-refractivity contribution >= 4 is 39.1 Å². The zero-order chi connectivity index (χ0) is 17.7. The van der Waals surface area contributed by atoms with Gasteiger partial charge in [0.2, 0.25) is 11.8 Å². The van der Waals surface area contributed by atoms with E-state index >= 15 is 0 Å². The number of halogens is 1. The summed E-state index contributed by atoms with van der Waals surface area (Å²) in [5, 5.41) is 5.45. The zero-order valence-corrected chi connectivity index (χ0v) is 15.4. The monoisotopic (exact) mass is 390 g/mol. The van der Waals surface area contributed by atoms with Gasteiger partial charge in [-0.3, -0.25) is 9.59 Å². The topological polar surface area (TPSA) is 67.4 Å². The van der Waals surface area contributed by atoms with E-state index in [2.05, 4.69) is 26.6 Å². The molecule has 0 aliphatic carbocycles. The van der Waals surface area contributed by atoms with Crippen LogP contribution in [0.2, 0.25) is 0 Å². The van der Waals surface area contributed by atoms with Gasteiger partial charge in [0.25, 0.3) is 0 Å². The highest BCUT2D eigenvalue weighted by Gasteiger charge is 2.13. The largest absolute Gasteiger partial charge is 0.495 e. The first kappa shape index (κ1) is 18.0. The Morgan fingerprint density at radius 3 is 2.29 bits per heavy atom. The van der Waals surface area contributed by atoms with E-state index in [0.29, 0.717) is 17.1 Å². The molecule has 2 amide bonds. The summed E-state index contributed by atoms with van der Waals surface area (Å²) in [5.41, 5.74) is 3.14. The van der Waals surface area contributed by atoms with Crippen LogP contribution >= 0.6 is 15.9 Å². The Labute approximate surface area is 149 Å². The van der Waals surface area contributed by atoms with Crippen LogP contribution in [0.1, 0.15) is 17.5 Å². The van der Waals surface area contributed by atoms with Crippen molar-refractivity contribution in [2.45, 2.75) is 20.3 Å². The third-order valence-electron chi connectivity index (χ3n) is 3.41. The average molecular weight is 391 g/mol. The molecule has 0 fully saturated rings. The summed E-state index contributed by atoms with van der Waals surface area (Å²) in [6, 6.07) is 11.0. The summed E-state index contributed by atoms with van der Waals surface area (Å²) in [5.74, 6) is -0.214. The Bertz CT molecular complexity index is 775. The van der Waals surface area contributed by atoms with Gasteiger partial charge in [0.05, 0.1) is 12.8 Å². The van der Waals surface area contributed by atoms with Gasteiger partial charge in [-0.1, -0.05) is 22.0 Å².